The van der Waals surface area contributed by atoms with Gasteiger partial charge >= 0.3 is 5.97 Å². The topological polar surface area (TPSA) is 120 Å². The summed E-state index contributed by atoms with van der Waals surface area (Å²) >= 11 is 0. The van der Waals surface area contributed by atoms with Gasteiger partial charge in [-0.3, -0.25) is 14.4 Å². The molecular weight excluding hydrogens is 322 g/mol. The predicted molar refractivity (Wildman–Crippen MR) is 85.7 cm³/mol. The minimum absolute atomic E-state index is 0.0222. The van der Waals surface area contributed by atoms with Gasteiger partial charge in [0, 0.05) is 6.54 Å². The molecular formula is C15H23NO8. The Balaban J connectivity index is 1.94. The molecule has 0 aliphatic rings. The molecule has 0 aromatic heterocycles. The summed E-state index contributed by atoms with van der Waals surface area (Å²) in [4.78, 5) is 32.8. The third-order valence-corrected chi connectivity index (χ3v) is 2.91. The van der Waals surface area contributed by atoms with Crippen LogP contribution in [0.2, 0.25) is 0 Å². The number of carbonyl (C=O) groups is 1. The molecule has 0 saturated carbocycles. The minimum Gasteiger partial charge on any atom is -0.488 e. The lowest BCUT2D eigenvalue weighted by atomic mass is 10.2. The van der Waals surface area contributed by atoms with E-state index >= 15 is 0 Å². The van der Waals surface area contributed by atoms with Crippen molar-refractivity contribution in [3.8, 4) is 5.75 Å². The van der Waals surface area contributed by atoms with E-state index in [9.17, 15) is 14.4 Å². The Morgan fingerprint density at radius 1 is 0.958 bits per heavy atom. The third-order valence-electron chi connectivity index (χ3n) is 2.91. The number of hydrogen-bond donors (Lipinski definition) is 2. The highest BCUT2D eigenvalue weighted by molar-refractivity contribution is 5.66. The summed E-state index contributed by atoms with van der Waals surface area (Å²) in [6.07, 6.45) is -0.0222. The van der Waals surface area contributed by atoms with Crippen LogP contribution in [0.1, 0.15) is 13.3 Å². The molecule has 136 valence electrons. The van der Waals surface area contributed by atoms with Gasteiger partial charge in [0.15, 0.2) is 5.75 Å². The van der Waals surface area contributed by atoms with Gasteiger partial charge in [0.1, 0.15) is 5.69 Å². The Morgan fingerprint density at radius 2 is 1.54 bits per heavy atom. The standard InChI is InChI=1S/C15H23NO8/c1-2-24-15-12(13(19)14(15)20)16-4-6-22-8-10-23-9-7-21-5-3-11(17)18/h16H,2-10H2,1H3,(H,17,18). The highest BCUT2D eigenvalue weighted by Crippen LogP contribution is 2.16. The van der Waals surface area contributed by atoms with Gasteiger partial charge in [0.2, 0.25) is 0 Å². The zero-order valence-corrected chi connectivity index (χ0v) is 13.7. The van der Waals surface area contributed by atoms with Gasteiger partial charge in [-0.2, -0.15) is 0 Å². The number of carboxylic acids is 1. The van der Waals surface area contributed by atoms with E-state index < -0.39 is 16.8 Å². The molecule has 0 bridgehead atoms. The first-order chi connectivity index (χ1) is 11.6. The van der Waals surface area contributed by atoms with Crippen LogP contribution in [0.4, 0.5) is 5.69 Å². The third kappa shape index (κ3) is 7.07. The number of anilines is 1. The van der Waals surface area contributed by atoms with Crippen molar-refractivity contribution in [3.63, 3.8) is 0 Å². The molecule has 0 unspecified atom stereocenters. The molecule has 0 atom stereocenters. The summed E-state index contributed by atoms with van der Waals surface area (Å²) in [6.45, 7) is 4.41. The van der Waals surface area contributed by atoms with E-state index in [1.807, 2.05) is 0 Å². The Bertz CT molecular complexity index is 564. The lowest BCUT2D eigenvalue weighted by Gasteiger charge is -2.13. The van der Waals surface area contributed by atoms with E-state index in [4.69, 9.17) is 24.1 Å². The predicted octanol–water partition coefficient (Wildman–Crippen LogP) is -0.382. The SMILES string of the molecule is CCOc1c(NCCOCCOCCOCCC(=O)O)c(=O)c1=O. The lowest BCUT2D eigenvalue weighted by molar-refractivity contribution is -0.138. The average Bonchev–Trinajstić information content (AvgIpc) is 2.57. The van der Waals surface area contributed by atoms with Crippen LogP contribution in [-0.4, -0.2) is 63.9 Å². The van der Waals surface area contributed by atoms with Gasteiger partial charge < -0.3 is 29.4 Å². The summed E-state index contributed by atoms with van der Waals surface area (Å²) in [6, 6.07) is 0. The van der Waals surface area contributed by atoms with Crippen LogP contribution < -0.4 is 20.9 Å². The first-order valence-corrected chi connectivity index (χ1v) is 7.73. The molecule has 0 heterocycles. The van der Waals surface area contributed by atoms with Crippen LogP contribution in [0.3, 0.4) is 0 Å². The highest BCUT2D eigenvalue weighted by atomic mass is 16.5. The summed E-state index contributed by atoms with van der Waals surface area (Å²) in [5.41, 5.74) is -0.955. The Morgan fingerprint density at radius 3 is 2.12 bits per heavy atom. The van der Waals surface area contributed by atoms with Crippen molar-refractivity contribution >= 4 is 11.7 Å². The quantitative estimate of drug-likeness (QED) is 0.323. The van der Waals surface area contributed by atoms with E-state index in [1.165, 1.54) is 0 Å². The molecule has 0 saturated heterocycles. The largest absolute Gasteiger partial charge is 0.488 e. The summed E-state index contributed by atoms with van der Waals surface area (Å²) in [5.74, 6) is -0.802. The van der Waals surface area contributed by atoms with Crippen molar-refractivity contribution in [2.75, 3.05) is 58.1 Å². The summed E-state index contributed by atoms with van der Waals surface area (Å²) < 4.78 is 20.7. The van der Waals surface area contributed by atoms with Crippen LogP contribution in [0, 0.1) is 0 Å². The van der Waals surface area contributed by atoms with Crippen molar-refractivity contribution in [1.82, 2.24) is 0 Å². The average molecular weight is 345 g/mol. The Kier molecular flexibility index (Phi) is 9.66. The Labute approximate surface area is 139 Å². The van der Waals surface area contributed by atoms with Crippen molar-refractivity contribution < 1.29 is 28.8 Å². The van der Waals surface area contributed by atoms with Crippen LogP contribution in [0.15, 0.2) is 9.59 Å². The second-order valence-electron chi connectivity index (χ2n) is 4.70. The first kappa shape index (κ1) is 20.1. The fraction of sp³-hybridized carbons (Fsp3) is 0.667. The molecule has 0 amide bonds. The van der Waals surface area contributed by atoms with Crippen LogP contribution in [0.25, 0.3) is 0 Å². The van der Waals surface area contributed by atoms with Crippen molar-refractivity contribution in [3.05, 3.63) is 20.4 Å². The van der Waals surface area contributed by atoms with Crippen LogP contribution in [-0.2, 0) is 19.0 Å². The molecule has 1 rings (SSSR count). The fourth-order valence-corrected chi connectivity index (χ4v) is 1.76. The van der Waals surface area contributed by atoms with E-state index in [0.29, 0.717) is 46.2 Å². The second-order valence-corrected chi connectivity index (χ2v) is 4.70. The molecule has 1 aromatic rings. The number of hydrogen-bond acceptors (Lipinski definition) is 8. The monoisotopic (exact) mass is 345 g/mol. The molecule has 24 heavy (non-hydrogen) atoms. The smallest absolute Gasteiger partial charge is 0.305 e. The molecule has 0 radical (unpaired) electrons. The summed E-state index contributed by atoms with van der Waals surface area (Å²) in [5, 5.41) is 11.2. The van der Waals surface area contributed by atoms with Gasteiger partial charge in [-0.25, -0.2) is 0 Å². The zero-order valence-electron chi connectivity index (χ0n) is 13.7. The van der Waals surface area contributed by atoms with Crippen LogP contribution >= 0.6 is 0 Å². The highest BCUT2D eigenvalue weighted by Gasteiger charge is 2.21. The van der Waals surface area contributed by atoms with Gasteiger partial charge in [0.25, 0.3) is 10.9 Å². The zero-order chi connectivity index (χ0) is 17.8. The van der Waals surface area contributed by atoms with Gasteiger partial charge in [-0.1, -0.05) is 0 Å². The molecule has 9 nitrogen and oxygen atoms in total. The Hall–Kier alpha value is -1.97. The molecule has 0 aliphatic carbocycles. The van der Waals surface area contributed by atoms with Crippen molar-refractivity contribution in [2.24, 2.45) is 0 Å². The summed E-state index contributed by atoms with van der Waals surface area (Å²) in [7, 11) is 0. The normalized spacial score (nSPS) is 10.9. The number of ether oxygens (including phenoxy) is 4. The molecule has 0 fully saturated rings. The van der Waals surface area contributed by atoms with E-state index in [0.717, 1.165) is 0 Å². The number of rotatable bonds is 15. The van der Waals surface area contributed by atoms with Crippen molar-refractivity contribution in [2.45, 2.75) is 13.3 Å². The fourth-order valence-electron chi connectivity index (χ4n) is 1.76. The number of nitrogens with one attached hydrogen (secondary N) is 1. The van der Waals surface area contributed by atoms with E-state index in [2.05, 4.69) is 5.32 Å². The van der Waals surface area contributed by atoms with Gasteiger partial charge in [-0.15, -0.1) is 0 Å². The lowest BCUT2D eigenvalue weighted by Crippen LogP contribution is -2.36. The van der Waals surface area contributed by atoms with Gasteiger partial charge in [0.05, 0.1) is 52.7 Å². The molecule has 0 spiro atoms. The van der Waals surface area contributed by atoms with Crippen molar-refractivity contribution in [1.29, 1.82) is 0 Å². The minimum atomic E-state index is -0.893. The maximum atomic E-state index is 11.3. The van der Waals surface area contributed by atoms with E-state index in [1.54, 1.807) is 6.92 Å². The van der Waals surface area contributed by atoms with Crippen LogP contribution in [0.5, 0.6) is 5.75 Å². The van der Waals surface area contributed by atoms with E-state index in [-0.39, 0.29) is 24.5 Å². The molecule has 0 aliphatic heterocycles. The molecule has 1 aromatic carbocycles. The first-order valence-electron chi connectivity index (χ1n) is 7.73. The van der Waals surface area contributed by atoms with Gasteiger partial charge in [-0.05, 0) is 6.92 Å². The number of aliphatic carboxylic acids is 1. The maximum absolute atomic E-state index is 11.3. The number of carboxylic acid groups (broad SMARTS) is 1. The molecule has 2 N–H and O–H groups in total. The maximum Gasteiger partial charge on any atom is 0.305 e. The second kappa shape index (κ2) is 11.5. The molecule has 9 heteroatoms.